The Morgan fingerprint density at radius 2 is 1.81 bits per heavy atom. The number of carbonyl (C=O) groups is 1. The number of hydrogen-bond donors (Lipinski definition) is 0. The van der Waals surface area contributed by atoms with Crippen molar-refractivity contribution >= 4 is 27.3 Å². The highest BCUT2D eigenvalue weighted by Gasteiger charge is 2.32. The number of ketones is 1. The molecule has 0 unspecified atom stereocenters. The molecule has 2 heterocycles. The topological polar surface area (TPSA) is 47.8 Å². The maximum atomic E-state index is 12.9. The predicted molar refractivity (Wildman–Crippen MR) is 108 cm³/mol. The van der Waals surface area contributed by atoms with Gasteiger partial charge in [-0.2, -0.15) is 5.10 Å². The number of aromatic nitrogens is 3. The summed E-state index contributed by atoms with van der Waals surface area (Å²) in [4.78, 5) is 17.6. The highest BCUT2D eigenvalue weighted by Crippen LogP contribution is 2.36. The standard InChI is InChI=1S/C22H19N3OS/c1-13-7-9-15(10-8-13)16-11-18-21(19(26)12-16)14(2)24-25(18)22-23-17-5-3-4-6-20(17)27-22/h3-10,16H,11-12H2,1-2H3/t16-/m1/s1. The third-order valence-electron chi connectivity index (χ3n) is 5.32. The Hall–Kier alpha value is -2.79. The zero-order valence-corrected chi connectivity index (χ0v) is 16.1. The predicted octanol–water partition coefficient (Wildman–Crippen LogP) is 5.01. The average molecular weight is 373 g/mol. The monoisotopic (exact) mass is 373 g/mol. The fourth-order valence-electron chi connectivity index (χ4n) is 3.94. The Bertz CT molecular complexity index is 1140. The van der Waals surface area contributed by atoms with Gasteiger partial charge in [-0.15, -0.1) is 0 Å². The number of benzene rings is 2. The van der Waals surface area contributed by atoms with Gasteiger partial charge in [0.05, 0.1) is 27.2 Å². The second-order valence-corrected chi connectivity index (χ2v) is 8.23. The quantitative estimate of drug-likeness (QED) is 0.496. The van der Waals surface area contributed by atoms with Gasteiger partial charge in [0.2, 0.25) is 5.13 Å². The number of thiazole rings is 1. The largest absolute Gasteiger partial charge is 0.294 e. The molecule has 0 fully saturated rings. The lowest BCUT2D eigenvalue weighted by Gasteiger charge is -2.22. The van der Waals surface area contributed by atoms with Crippen LogP contribution in [0.4, 0.5) is 0 Å². The molecule has 5 rings (SSSR count). The normalized spacial score (nSPS) is 16.7. The van der Waals surface area contributed by atoms with E-state index >= 15 is 0 Å². The minimum Gasteiger partial charge on any atom is -0.294 e. The molecule has 134 valence electrons. The zero-order chi connectivity index (χ0) is 18.5. The van der Waals surface area contributed by atoms with Crippen molar-refractivity contribution in [3.05, 3.63) is 76.6 Å². The molecule has 2 aromatic carbocycles. The lowest BCUT2D eigenvalue weighted by Crippen LogP contribution is -2.20. The maximum Gasteiger partial charge on any atom is 0.211 e. The first-order valence-electron chi connectivity index (χ1n) is 9.14. The van der Waals surface area contributed by atoms with Gasteiger partial charge < -0.3 is 0 Å². The Morgan fingerprint density at radius 3 is 2.59 bits per heavy atom. The van der Waals surface area contributed by atoms with E-state index in [1.165, 1.54) is 11.1 Å². The molecule has 0 saturated heterocycles. The van der Waals surface area contributed by atoms with Crippen LogP contribution in [-0.4, -0.2) is 20.5 Å². The molecule has 4 nitrogen and oxygen atoms in total. The smallest absolute Gasteiger partial charge is 0.211 e. The van der Waals surface area contributed by atoms with E-state index in [1.54, 1.807) is 11.3 Å². The summed E-state index contributed by atoms with van der Waals surface area (Å²) in [7, 11) is 0. The number of carbonyl (C=O) groups excluding carboxylic acids is 1. The molecule has 4 aromatic rings. The molecule has 0 saturated carbocycles. The van der Waals surface area contributed by atoms with Crippen LogP contribution in [-0.2, 0) is 6.42 Å². The number of hydrogen-bond acceptors (Lipinski definition) is 4. The van der Waals surface area contributed by atoms with Crippen molar-refractivity contribution in [3.63, 3.8) is 0 Å². The second-order valence-electron chi connectivity index (χ2n) is 7.22. The van der Waals surface area contributed by atoms with Crippen LogP contribution in [0, 0.1) is 13.8 Å². The van der Waals surface area contributed by atoms with E-state index in [4.69, 9.17) is 10.1 Å². The van der Waals surface area contributed by atoms with Crippen LogP contribution < -0.4 is 0 Å². The van der Waals surface area contributed by atoms with Crippen LogP contribution in [0.2, 0.25) is 0 Å². The lowest BCUT2D eigenvalue weighted by atomic mass is 9.81. The van der Waals surface area contributed by atoms with Crippen molar-refractivity contribution in [1.82, 2.24) is 14.8 Å². The number of aryl methyl sites for hydroxylation is 2. The molecular formula is C22H19N3OS. The molecule has 27 heavy (non-hydrogen) atoms. The second kappa shape index (κ2) is 6.13. The Balaban J connectivity index is 1.61. The van der Waals surface area contributed by atoms with Crippen LogP contribution in [0.5, 0.6) is 0 Å². The highest BCUT2D eigenvalue weighted by atomic mass is 32.1. The van der Waals surface area contributed by atoms with Crippen molar-refractivity contribution in [2.45, 2.75) is 32.6 Å². The van der Waals surface area contributed by atoms with Crippen molar-refractivity contribution < 1.29 is 4.79 Å². The molecule has 0 bridgehead atoms. The first-order chi connectivity index (χ1) is 13.1. The highest BCUT2D eigenvalue weighted by molar-refractivity contribution is 7.20. The van der Waals surface area contributed by atoms with Crippen molar-refractivity contribution in [2.24, 2.45) is 0 Å². The van der Waals surface area contributed by atoms with Crippen LogP contribution >= 0.6 is 11.3 Å². The fourth-order valence-corrected chi connectivity index (χ4v) is 4.88. The maximum absolute atomic E-state index is 12.9. The van der Waals surface area contributed by atoms with Crippen LogP contribution in [0.3, 0.4) is 0 Å². The summed E-state index contributed by atoms with van der Waals surface area (Å²) in [5.41, 5.74) is 6.01. The Morgan fingerprint density at radius 1 is 1.04 bits per heavy atom. The van der Waals surface area contributed by atoms with Crippen LogP contribution in [0.1, 0.15) is 45.2 Å². The first-order valence-corrected chi connectivity index (χ1v) is 9.96. The van der Waals surface area contributed by atoms with E-state index in [1.807, 2.05) is 29.8 Å². The SMILES string of the molecule is Cc1ccc([C@H]2CC(=O)c3c(C)nn(-c4nc5ccccc5s4)c3C2)cc1. The van der Waals surface area contributed by atoms with Gasteiger partial charge in [0.15, 0.2) is 5.78 Å². The van der Waals surface area contributed by atoms with E-state index < -0.39 is 0 Å². The third kappa shape index (κ3) is 2.70. The van der Waals surface area contributed by atoms with Crippen LogP contribution in [0.15, 0.2) is 48.5 Å². The van der Waals surface area contributed by atoms with E-state index in [9.17, 15) is 4.79 Å². The van der Waals surface area contributed by atoms with Gasteiger partial charge >= 0.3 is 0 Å². The van der Waals surface area contributed by atoms with Gasteiger partial charge in [0.25, 0.3) is 0 Å². The number of para-hydroxylation sites is 1. The van der Waals surface area contributed by atoms with E-state index in [0.717, 1.165) is 38.7 Å². The lowest BCUT2D eigenvalue weighted by molar-refractivity contribution is 0.0963. The minimum absolute atomic E-state index is 0.187. The van der Waals surface area contributed by atoms with Gasteiger partial charge in [-0.25, -0.2) is 9.67 Å². The Labute approximate surface area is 161 Å². The third-order valence-corrected chi connectivity index (χ3v) is 6.33. The number of fused-ring (bicyclic) bond motifs is 2. The van der Waals surface area contributed by atoms with E-state index in [-0.39, 0.29) is 11.7 Å². The molecule has 2 aromatic heterocycles. The molecule has 5 heteroatoms. The molecule has 1 aliphatic carbocycles. The van der Waals surface area contributed by atoms with Gasteiger partial charge in [0.1, 0.15) is 0 Å². The summed E-state index contributed by atoms with van der Waals surface area (Å²) < 4.78 is 3.03. The molecule has 0 aliphatic heterocycles. The molecule has 0 radical (unpaired) electrons. The number of nitrogens with zero attached hydrogens (tertiary/aromatic N) is 3. The summed E-state index contributed by atoms with van der Waals surface area (Å²) in [6.07, 6.45) is 1.35. The molecule has 0 spiro atoms. The van der Waals surface area contributed by atoms with E-state index in [0.29, 0.717) is 6.42 Å². The van der Waals surface area contributed by atoms with Crippen molar-refractivity contribution in [2.75, 3.05) is 0 Å². The van der Waals surface area contributed by atoms with Gasteiger partial charge in [-0.3, -0.25) is 4.79 Å². The van der Waals surface area contributed by atoms with E-state index in [2.05, 4.69) is 37.3 Å². The minimum atomic E-state index is 0.187. The summed E-state index contributed by atoms with van der Waals surface area (Å²) in [6.45, 7) is 4.01. The summed E-state index contributed by atoms with van der Waals surface area (Å²) >= 11 is 1.61. The molecule has 0 amide bonds. The summed E-state index contributed by atoms with van der Waals surface area (Å²) in [5, 5.41) is 5.53. The summed E-state index contributed by atoms with van der Waals surface area (Å²) in [6, 6.07) is 16.6. The number of rotatable bonds is 2. The average Bonchev–Trinajstić information content (AvgIpc) is 3.23. The molecule has 1 aliphatic rings. The van der Waals surface area contributed by atoms with Gasteiger partial charge in [0, 0.05) is 6.42 Å². The van der Waals surface area contributed by atoms with Crippen molar-refractivity contribution in [3.8, 4) is 5.13 Å². The summed E-state index contributed by atoms with van der Waals surface area (Å²) in [5.74, 6) is 0.376. The van der Waals surface area contributed by atoms with Crippen molar-refractivity contribution in [1.29, 1.82) is 0 Å². The first kappa shape index (κ1) is 16.4. The molecule has 0 N–H and O–H groups in total. The zero-order valence-electron chi connectivity index (χ0n) is 15.3. The van der Waals surface area contributed by atoms with Gasteiger partial charge in [-0.05, 0) is 43.9 Å². The molecular weight excluding hydrogens is 354 g/mol. The van der Waals surface area contributed by atoms with Gasteiger partial charge in [-0.1, -0.05) is 53.3 Å². The Kier molecular flexibility index (Phi) is 3.72. The fraction of sp³-hybridized carbons (Fsp3) is 0.227. The number of Topliss-reactive ketones (excluding diaryl/α,β-unsaturated/α-hetero) is 1. The molecule has 1 atom stereocenters. The van der Waals surface area contributed by atoms with Crippen LogP contribution in [0.25, 0.3) is 15.3 Å².